The molecule has 0 aliphatic heterocycles. The summed E-state index contributed by atoms with van der Waals surface area (Å²) >= 11 is 5.84. The number of nitrogens with zero attached hydrogens (tertiary/aromatic N) is 1. The van der Waals surface area contributed by atoms with Crippen molar-refractivity contribution in [3.63, 3.8) is 0 Å². The Balaban J connectivity index is 1.93. The van der Waals surface area contributed by atoms with Gasteiger partial charge in [0, 0.05) is 36.3 Å². The summed E-state index contributed by atoms with van der Waals surface area (Å²) in [5, 5.41) is 3.52. The third-order valence-electron chi connectivity index (χ3n) is 3.95. The molecule has 0 bridgehead atoms. The number of hydrogen-bond donors (Lipinski definition) is 1. The molecular formula is C20H23ClN2O2. The average Bonchev–Trinajstić information content (AvgIpc) is 2.65. The van der Waals surface area contributed by atoms with Crippen molar-refractivity contribution in [2.24, 2.45) is 0 Å². The second-order valence-corrected chi connectivity index (χ2v) is 6.40. The van der Waals surface area contributed by atoms with Gasteiger partial charge in [-0.2, -0.15) is 0 Å². The van der Waals surface area contributed by atoms with Crippen LogP contribution in [0, 0.1) is 0 Å². The zero-order valence-corrected chi connectivity index (χ0v) is 15.3. The highest BCUT2D eigenvalue weighted by Crippen LogP contribution is 2.11. The van der Waals surface area contributed by atoms with E-state index in [0.29, 0.717) is 22.7 Å². The lowest BCUT2D eigenvalue weighted by Gasteiger charge is -2.16. The molecule has 0 atom stereocenters. The summed E-state index contributed by atoms with van der Waals surface area (Å²) in [6.07, 6.45) is 2.03. The largest absolute Gasteiger partial charge is 0.348 e. The Morgan fingerprint density at radius 1 is 1.00 bits per heavy atom. The van der Waals surface area contributed by atoms with E-state index in [9.17, 15) is 9.59 Å². The van der Waals surface area contributed by atoms with Crippen LogP contribution in [0.25, 0.3) is 0 Å². The van der Waals surface area contributed by atoms with Crippen molar-refractivity contribution in [3.8, 4) is 0 Å². The number of nitrogens with one attached hydrogen (secondary N) is 1. The maximum absolute atomic E-state index is 12.3. The second-order valence-electron chi connectivity index (χ2n) is 5.97. The summed E-state index contributed by atoms with van der Waals surface area (Å²) in [5.74, 6) is -0.199. The third-order valence-corrected chi connectivity index (χ3v) is 4.21. The molecule has 4 nitrogen and oxygen atoms in total. The molecule has 1 N–H and O–H groups in total. The summed E-state index contributed by atoms with van der Waals surface area (Å²) in [7, 11) is 1.80. The van der Waals surface area contributed by atoms with E-state index in [0.717, 1.165) is 24.9 Å². The van der Waals surface area contributed by atoms with Crippen molar-refractivity contribution in [2.75, 3.05) is 13.6 Å². The molecule has 0 saturated carbocycles. The lowest BCUT2D eigenvalue weighted by Crippen LogP contribution is -2.28. The topological polar surface area (TPSA) is 49.4 Å². The van der Waals surface area contributed by atoms with Crippen LogP contribution in [0.15, 0.2) is 48.5 Å². The number of amides is 2. The maximum Gasteiger partial charge on any atom is 0.253 e. The minimum absolute atomic E-state index is 0.0263. The van der Waals surface area contributed by atoms with E-state index in [1.54, 1.807) is 48.3 Å². The van der Waals surface area contributed by atoms with Crippen molar-refractivity contribution in [3.05, 3.63) is 70.2 Å². The first kappa shape index (κ1) is 19.0. The first-order chi connectivity index (χ1) is 12.0. The van der Waals surface area contributed by atoms with Crippen LogP contribution >= 0.6 is 11.6 Å². The summed E-state index contributed by atoms with van der Waals surface area (Å²) < 4.78 is 0. The van der Waals surface area contributed by atoms with Gasteiger partial charge in [-0.25, -0.2) is 0 Å². The lowest BCUT2D eigenvalue weighted by atomic mass is 10.1. The molecule has 2 rings (SSSR count). The van der Waals surface area contributed by atoms with E-state index in [2.05, 4.69) is 12.2 Å². The van der Waals surface area contributed by atoms with Crippen LogP contribution < -0.4 is 5.32 Å². The van der Waals surface area contributed by atoms with E-state index in [1.807, 2.05) is 12.1 Å². The van der Waals surface area contributed by atoms with Crippen LogP contribution in [0.1, 0.15) is 46.0 Å². The smallest absolute Gasteiger partial charge is 0.253 e. The quantitative estimate of drug-likeness (QED) is 0.808. The number of halogens is 1. The van der Waals surface area contributed by atoms with Crippen molar-refractivity contribution < 1.29 is 9.59 Å². The molecule has 0 unspecified atom stereocenters. The second kappa shape index (κ2) is 9.23. The van der Waals surface area contributed by atoms with Gasteiger partial charge in [0.05, 0.1) is 0 Å². The van der Waals surface area contributed by atoms with Gasteiger partial charge in [0.1, 0.15) is 0 Å². The lowest BCUT2D eigenvalue weighted by molar-refractivity contribution is 0.0792. The minimum Gasteiger partial charge on any atom is -0.348 e. The Morgan fingerprint density at radius 3 is 2.20 bits per heavy atom. The number of rotatable bonds is 7. The number of benzene rings is 2. The van der Waals surface area contributed by atoms with Crippen LogP contribution in [-0.2, 0) is 6.54 Å². The van der Waals surface area contributed by atoms with Crippen molar-refractivity contribution in [1.82, 2.24) is 10.2 Å². The normalized spacial score (nSPS) is 10.4. The highest BCUT2D eigenvalue weighted by atomic mass is 35.5. The molecule has 0 aliphatic rings. The van der Waals surface area contributed by atoms with Crippen LogP contribution in [0.3, 0.4) is 0 Å². The molecule has 0 aromatic heterocycles. The first-order valence-corrected chi connectivity index (χ1v) is 8.77. The standard InChI is InChI=1S/C20H23ClN2O2/c1-3-4-13-23(2)20(25)17-9-7-16(8-10-17)19(24)22-14-15-5-11-18(21)12-6-15/h5-12H,3-4,13-14H2,1-2H3,(H,22,24). The minimum atomic E-state index is -0.173. The van der Waals surface area contributed by atoms with Gasteiger partial charge in [0.2, 0.25) is 0 Å². The van der Waals surface area contributed by atoms with E-state index < -0.39 is 0 Å². The van der Waals surface area contributed by atoms with Gasteiger partial charge in [-0.05, 0) is 48.4 Å². The van der Waals surface area contributed by atoms with Crippen LogP contribution in [0.4, 0.5) is 0 Å². The molecule has 2 amide bonds. The monoisotopic (exact) mass is 358 g/mol. The molecule has 2 aromatic carbocycles. The summed E-state index contributed by atoms with van der Waals surface area (Å²) in [6, 6.07) is 14.1. The molecule has 0 fully saturated rings. The van der Waals surface area contributed by atoms with Crippen LogP contribution in [0.5, 0.6) is 0 Å². The van der Waals surface area contributed by atoms with E-state index >= 15 is 0 Å². The van der Waals surface area contributed by atoms with Crippen molar-refractivity contribution in [1.29, 1.82) is 0 Å². The Kier molecular flexibility index (Phi) is 7.02. The zero-order valence-electron chi connectivity index (χ0n) is 14.6. The van der Waals surface area contributed by atoms with Gasteiger partial charge >= 0.3 is 0 Å². The number of hydrogen-bond acceptors (Lipinski definition) is 2. The number of carbonyl (C=O) groups is 2. The Hall–Kier alpha value is -2.33. The third kappa shape index (κ3) is 5.61. The molecule has 0 aliphatic carbocycles. The maximum atomic E-state index is 12.3. The Bertz CT molecular complexity index is 711. The highest BCUT2D eigenvalue weighted by Gasteiger charge is 2.12. The van der Waals surface area contributed by atoms with E-state index in [-0.39, 0.29) is 11.8 Å². The number of carbonyl (C=O) groups excluding carboxylic acids is 2. The molecule has 25 heavy (non-hydrogen) atoms. The first-order valence-electron chi connectivity index (χ1n) is 8.39. The summed E-state index contributed by atoms with van der Waals surface area (Å²) in [5.41, 5.74) is 2.09. The van der Waals surface area contributed by atoms with Gasteiger partial charge in [0.15, 0.2) is 0 Å². The average molecular weight is 359 g/mol. The number of unbranched alkanes of at least 4 members (excludes halogenated alkanes) is 1. The SMILES string of the molecule is CCCCN(C)C(=O)c1ccc(C(=O)NCc2ccc(Cl)cc2)cc1. The molecule has 0 saturated heterocycles. The van der Waals surface area contributed by atoms with Gasteiger partial charge in [-0.1, -0.05) is 37.1 Å². The summed E-state index contributed by atoms with van der Waals surface area (Å²) in [4.78, 5) is 26.2. The molecule has 2 aromatic rings. The molecular weight excluding hydrogens is 336 g/mol. The fraction of sp³-hybridized carbons (Fsp3) is 0.300. The summed E-state index contributed by atoms with van der Waals surface area (Å²) in [6.45, 7) is 3.25. The Labute approximate surface area is 153 Å². The van der Waals surface area contributed by atoms with Gasteiger partial charge in [-0.3, -0.25) is 9.59 Å². The Morgan fingerprint density at radius 2 is 1.60 bits per heavy atom. The molecule has 0 heterocycles. The molecule has 5 heteroatoms. The predicted octanol–water partition coefficient (Wildman–Crippen LogP) is 4.14. The fourth-order valence-corrected chi connectivity index (χ4v) is 2.49. The molecule has 0 spiro atoms. The molecule has 132 valence electrons. The van der Waals surface area contributed by atoms with Crippen molar-refractivity contribution >= 4 is 23.4 Å². The predicted molar refractivity (Wildman–Crippen MR) is 101 cm³/mol. The van der Waals surface area contributed by atoms with Gasteiger partial charge in [-0.15, -0.1) is 0 Å². The van der Waals surface area contributed by atoms with E-state index in [4.69, 9.17) is 11.6 Å². The van der Waals surface area contributed by atoms with Gasteiger partial charge < -0.3 is 10.2 Å². The zero-order chi connectivity index (χ0) is 18.2. The fourth-order valence-electron chi connectivity index (χ4n) is 2.37. The van der Waals surface area contributed by atoms with Crippen molar-refractivity contribution in [2.45, 2.75) is 26.3 Å². The molecule has 0 radical (unpaired) electrons. The van der Waals surface area contributed by atoms with Crippen LogP contribution in [-0.4, -0.2) is 30.3 Å². The van der Waals surface area contributed by atoms with Gasteiger partial charge in [0.25, 0.3) is 11.8 Å². The highest BCUT2D eigenvalue weighted by molar-refractivity contribution is 6.30. The van der Waals surface area contributed by atoms with Crippen LogP contribution in [0.2, 0.25) is 5.02 Å². The van der Waals surface area contributed by atoms with E-state index in [1.165, 1.54) is 0 Å².